The second kappa shape index (κ2) is 7.88. The van der Waals surface area contributed by atoms with E-state index < -0.39 is 0 Å². The van der Waals surface area contributed by atoms with Crippen molar-refractivity contribution in [3.05, 3.63) is 17.5 Å². The van der Waals surface area contributed by atoms with Gasteiger partial charge in [-0.05, 0) is 58.8 Å². The molecule has 1 saturated heterocycles. The molecule has 0 atom stereocenters. The average Bonchev–Trinajstić information content (AvgIpc) is 2.70. The molecule has 19 heavy (non-hydrogen) atoms. The van der Waals surface area contributed by atoms with Crippen LogP contribution in [0.5, 0.6) is 0 Å². The second-order valence-corrected chi connectivity index (χ2v) is 5.49. The number of hydrogen-bond acceptors (Lipinski definition) is 3. The van der Waals surface area contributed by atoms with Gasteiger partial charge < -0.3 is 5.32 Å². The Morgan fingerprint density at radius 3 is 2.58 bits per heavy atom. The van der Waals surface area contributed by atoms with Gasteiger partial charge in [0.05, 0.1) is 6.20 Å². The fourth-order valence-corrected chi connectivity index (χ4v) is 2.72. The smallest absolute Gasteiger partial charge is 0.0537 e. The zero-order chi connectivity index (χ0) is 13.0. The number of aromatic nitrogens is 2. The van der Waals surface area contributed by atoms with Gasteiger partial charge in [-0.1, -0.05) is 0 Å². The highest BCUT2D eigenvalue weighted by Crippen LogP contribution is 2.21. The molecule has 1 aliphatic heterocycles. The molecule has 0 spiro atoms. The van der Waals surface area contributed by atoms with Gasteiger partial charge in [-0.25, -0.2) is 0 Å². The minimum Gasteiger partial charge on any atom is -0.320 e. The van der Waals surface area contributed by atoms with E-state index >= 15 is 0 Å². The average molecular weight is 287 g/mol. The number of piperidine rings is 1. The van der Waals surface area contributed by atoms with E-state index in [1.807, 2.05) is 25.0 Å². The van der Waals surface area contributed by atoms with Crippen LogP contribution >= 0.6 is 12.4 Å². The van der Waals surface area contributed by atoms with Gasteiger partial charge in [-0.15, -0.1) is 12.4 Å². The molecule has 0 amide bonds. The maximum Gasteiger partial charge on any atom is 0.0537 e. The summed E-state index contributed by atoms with van der Waals surface area (Å²) < 4.78 is 1.97. The highest BCUT2D eigenvalue weighted by Gasteiger charge is 2.19. The van der Waals surface area contributed by atoms with Crippen LogP contribution in [0.2, 0.25) is 0 Å². The number of aryl methyl sites for hydroxylation is 1. The summed E-state index contributed by atoms with van der Waals surface area (Å²) in [6, 6.07) is 0. The van der Waals surface area contributed by atoms with Gasteiger partial charge in [0, 0.05) is 24.8 Å². The Labute approximate surface area is 123 Å². The van der Waals surface area contributed by atoms with Crippen LogP contribution in [-0.4, -0.2) is 41.4 Å². The predicted octanol–water partition coefficient (Wildman–Crippen LogP) is 1.97. The van der Waals surface area contributed by atoms with Gasteiger partial charge in [-0.3, -0.25) is 9.58 Å². The molecule has 5 heteroatoms. The maximum atomic E-state index is 4.32. The first-order chi connectivity index (χ1) is 8.70. The molecule has 1 aromatic rings. The SMILES string of the molecule is CNCCC1CCN(Cc2cnn(C)c2C)CC1.Cl. The molecule has 0 aromatic carbocycles. The Morgan fingerprint density at radius 2 is 2.05 bits per heavy atom. The lowest BCUT2D eigenvalue weighted by Gasteiger charge is -2.31. The molecule has 0 radical (unpaired) electrons. The first-order valence-corrected chi connectivity index (χ1v) is 7.05. The number of rotatable bonds is 5. The molecular weight excluding hydrogens is 260 g/mol. The second-order valence-electron chi connectivity index (χ2n) is 5.49. The zero-order valence-corrected chi connectivity index (χ0v) is 13.2. The van der Waals surface area contributed by atoms with Crippen LogP contribution in [0.25, 0.3) is 0 Å². The van der Waals surface area contributed by atoms with Gasteiger partial charge >= 0.3 is 0 Å². The predicted molar refractivity (Wildman–Crippen MR) is 81.7 cm³/mol. The minimum absolute atomic E-state index is 0. The van der Waals surface area contributed by atoms with E-state index in [0.717, 1.165) is 19.0 Å². The highest BCUT2D eigenvalue weighted by atomic mass is 35.5. The first-order valence-electron chi connectivity index (χ1n) is 7.05. The highest BCUT2D eigenvalue weighted by molar-refractivity contribution is 5.85. The largest absolute Gasteiger partial charge is 0.320 e. The van der Waals surface area contributed by atoms with Crippen LogP contribution in [0, 0.1) is 12.8 Å². The van der Waals surface area contributed by atoms with Gasteiger partial charge in [0.15, 0.2) is 0 Å². The maximum absolute atomic E-state index is 4.32. The molecule has 0 aliphatic carbocycles. The lowest BCUT2D eigenvalue weighted by Crippen LogP contribution is -2.34. The first kappa shape index (κ1) is 16.5. The summed E-state index contributed by atoms with van der Waals surface area (Å²) in [6.45, 7) is 6.86. The van der Waals surface area contributed by atoms with Crippen molar-refractivity contribution in [1.82, 2.24) is 20.0 Å². The zero-order valence-electron chi connectivity index (χ0n) is 12.4. The molecule has 1 aromatic heterocycles. The Morgan fingerprint density at radius 1 is 1.37 bits per heavy atom. The quantitative estimate of drug-likeness (QED) is 0.898. The number of hydrogen-bond donors (Lipinski definition) is 1. The van der Waals surface area contributed by atoms with Gasteiger partial charge in [0.1, 0.15) is 0 Å². The molecule has 2 rings (SSSR count). The fraction of sp³-hybridized carbons (Fsp3) is 0.786. The number of nitrogens with one attached hydrogen (secondary N) is 1. The summed E-state index contributed by atoms with van der Waals surface area (Å²) >= 11 is 0. The van der Waals surface area contributed by atoms with Gasteiger partial charge in [0.25, 0.3) is 0 Å². The van der Waals surface area contributed by atoms with Gasteiger partial charge in [0.2, 0.25) is 0 Å². The Hall–Kier alpha value is -0.580. The van der Waals surface area contributed by atoms with E-state index in [2.05, 4.69) is 22.2 Å². The standard InChI is InChI=1S/C14H26N4.ClH/c1-12-14(10-16-17(12)3)11-18-8-5-13(6-9-18)4-7-15-2;/h10,13,15H,4-9,11H2,1-3H3;1H. The summed E-state index contributed by atoms with van der Waals surface area (Å²) in [7, 11) is 4.06. The normalized spacial score (nSPS) is 17.4. The lowest BCUT2D eigenvalue weighted by atomic mass is 9.93. The summed E-state index contributed by atoms with van der Waals surface area (Å²) in [5, 5.41) is 7.57. The van der Waals surface area contributed by atoms with Crippen molar-refractivity contribution in [3.8, 4) is 0 Å². The van der Waals surface area contributed by atoms with E-state index in [1.54, 1.807) is 0 Å². The van der Waals surface area contributed by atoms with Crippen LogP contribution < -0.4 is 5.32 Å². The van der Waals surface area contributed by atoms with E-state index in [4.69, 9.17) is 0 Å². The number of likely N-dealkylation sites (tertiary alicyclic amines) is 1. The van der Waals surface area contributed by atoms with Crippen LogP contribution in [0.15, 0.2) is 6.20 Å². The fourth-order valence-electron chi connectivity index (χ4n) is 2.72. The minimum atomic E-state index is 0. The molecule has 0 bridgehead atoms. The lowest BCUT2D eigenvalue weighted by molar-refractivity contribution is 0.172. The number of nitrogens with zero attached hydrogens (tertiary/aromatic N) is 3. The summed E-state index contributed by atoms with van der Waals surface area (Å²) in [5.74, 6) is 0.920. The third-order valence-corrected chi connectivity index (χ3v) is 4.24. The van der Waals surface area contributed by atoms with Crippen LogP contribution in [0.3, 0.4) is 0 Å². The van der Waals surface area contributed by atoms with E-state index in [9.17, 15) is 0 Å². The van der Waals surface area contributed by atoms with Crippen molar-refractivity contribution in [2.45, 2.75) is 32.7 Å². The van der Waals surface area contributed by atoms with E-state index in [-0.39, 0.29) is 12.4 Å². The molecule has 4 nitrogen and oxygen atoms in total. The molecule has 1 fully saturated rings. The number of halogens is 1. The molecule has 110 valence electrons. The Bertz CT molecular complexity index is 370. The monoisotopic (exact) mass is 286 g/mol. The van der Waals surface area contributed by atoms with Crippen molar-refractivity contribution in [1.29, 1.82) is 0 Å². The molecule has 2 heterocycles. The third-order valence-electron chi connectivity index (χ3n) is 4.24. The van der Waals surface area contributed by atoms with Crippen LogP contribution in [-0.2, 0) is 13.6 Å². The van der Waals surface area contributed by atoms with E-state index in [1.165, 1.54) is 43.6 Å². The van der Waals surface area contributed by atoms with Crippen molar-refractivity contribution in [2.75, 3.05) is 26.7 Å². The van der Waals surface area contributed by atoms with Crippen molar-refractivity contribution in [3.63, 3.8) is 0 Å². The van der Waals surface area contributed by atoms with Crippen LogP contribution in [0.4, 0.5) is 0 Å². The molecular formula is C14H27ClN4. The van der Waals surface area contributed by atoms with Crippen molar-refractivity contribution >= 4 is 12.4 Å². The summed E-state index contributed by atoms with van der Waals surface area (Å²) in [6.07, 6.45) is 6.04. The molecule has 0 saturated carbocycles. The molecule has 1 N–H and O–H groups in total. The van der Waals surface area contributed by atoms with E-state index in [0.29, 0.717) is 0 Å². The van der Waals surface area contributed by atoms with Crippen molar-refractivity contribution in [2.24, 2.45) is 13.0 Å². The van der Waals surface area contributed by atoms with Crippen LogP contribution in [0.1, 0.15) is 30.5 Å². The summed E-state index contributed by atoms with van der Waals surface area (Å²) in [4.78, 5) is 2.57. The molecule has 0 unspecified atom stereocenters. The summed E-state index contributed by atoms with van der Waals surface area (Å²) in [5.41, 5.74) is 2.68. The third kappa shape index (κ3) is 4.48. The Balaban J connectivity index is 0.00000180. The topological polar surface area (TPSA) is 33.1 Å². The van der Waals surface area contributed by atoms with Gasteiger partial charge in [-0.2, -0.15) is 5.10 Å². The van der Waals surface area contributed by atoms with Crippen molar-refractivity contribution < 1.29 is 0 Å². The molecule has 1 aliphatic rings. The Kier molecular flexibility index (Phi) is 6.83.